The smallest absolute Gasteiger partial charge is 0.420 e. The minimum absolute atomic E-state index is 0.193. The molecular formula is C18H5F35OSi. The first kappa shape index (κ1) is 52.7. The molecule has 0 aliphatic rings. The van der Waals surface area contributed by atoms with Gasteiger partial charge in [-0.05, 0) is 0 Å². The molecule has 0 aliphatic carbocycles. The molecule has 0 aromatic heterocycles. The van der Waals surface area contributed by atoms with Gasteiger partial charge in [-0.15, -0.1) is 0 Å². The summed E-state index contributed by atoms with van der Waals surface area (Å²) in [5.74, 6) is -147. The number of alkyl halides is 35. The second kappa shape index (κ2) is 12.9. The average molecular weight is 930 g/mol. The highest BCUT2D eigenvalue weighted by atomic mass is 28.2. The van der Waals surface area contributed by atoms with E-state index >= 15 is 0 Å². The summed E-state index contributed by atoms with van der Waals surface area (Å²) in [5, 5.41) is 0. The summed E-state index contributed by atoms with van der Waals surface area (Å²) >= 11 is 0. The van der Waals surface area contributed by atoms with Crippen LogP contribution in [-0.4, -0.2) is 117 Å². The van der Waals surface area contributed by atoms with E-state index in [1.807, 2.05) is 0 Å². The largest absolute Gasteiger partial charge is 0.460 e. The zero-order valence-corrected chi connectivity index (χ0v) is 25.3. The molecule has 0 atom stereocenters. The van der Waals surface area contributed by atoms with Gasteiger partial charge in [0.05, 0.1) is 0 Å². The van der Waals surface area contributed by atoms with Gasteiger partial charge >= 0.3 is 101 Å². The minimum atomic E-state index is -10.3. The van der Waals surface area contributed by atoms with Gasteiger partial charge in [0.2, 0.25) is 9.76 Å². The lowest BCUT2D eigenvalue weighted by molar-refractivity contribution is -0.492. The van der Waals surface area contributed by atoms with Crippen LogP contribution >= 0.6 is 0 Å². The summed E-state index contributed by atoms with van der Waals surface area (Å²) in [4.78, 5) is 0. The van der Waals surface area contributed by atoms with Crippen molar-refractivity contribution in [2.45, 2.75) is 101 Å². The summed E-state index contributed by atoms with van der Waals surface area (Å²) in [6.07, 6.45) is -8.42. The summed E-state index contributed by atoms with van der Waals surface area (Å²) in [5.41, 5.74) is -6.97. The second-order valence-electron chi connectivity index (χ2n) is 10.3. The van der Waals surface area contributed by atoms with Crippen molar-refractivity contribution in [3.05, 3.63) is 0 Å². The summed E-state index contributed by atoms with van der Waals surface area (Å²) < 4.78 is 475. The Hall–Kier alpha value is -2.27. The standard InChI is InChI=1S/C18H5F35OSi/c1-54-55-18(52,53)16(47,48)14(43,44)12(39,40)10(35,36)8(31,32)6(27,28)4(23,24)2(19,20)3(21,22)5(25,26)7(29,30)9(33,34)11(37,38)13(41,42)15(45,46)17(49,50)51/h55H2,1H3. The van der Waals surface area contributed by atoms with Crippen LogP contribution in [0.25, 0.3) is 0 Å². The molecule has 37 heteroatoms. The third-order valence-electron chi connectivity index (χ3n) is 6.66. The van der Waals surface area contributed by atoms with Crippen LogP contribution in [-0.2, 0) is 4.43 Å². The van der Waals surface area contributed by atoms with Crippen molar-refractivity contribution >= 4 is 9.76 Å². The molecule has 0 aromatic carbocycles. The zero-order valence-electron chi connectivity index (χ0n) is 23.8. The summed E-state index contributed by atoms with van der Waals surface area (Å²) in [6, 6.07) is 0. The first-order valence-electron chi connectivity index (χ1n) is 11.7. The Morgan fingerprint density at radius 3 is 0.473 bits per heavy atom. The first-order chi connectivity index (χ1) is 23.1. The third kappa shape index (κ3) is 6.02. The van der Waals surface area contributed by atoms with E-state index in [1.165, 1.54) is 0 Å². The lowest BCUT2D eigenvalue weighted by atomic mass is 9.82. The van der Waals surface area contributed by atoms with E-state index < -0.39 is 110 Å². The molecule has 0 saturated carbocycles. The molecule has 0 spiro atoms. The first-order valence-corrected chi connectivity index (χ1v) is 12.9. The van der Waals surface area contributed by atoms with Crippen molar-refractivity contribution in [1.29, 1.82) is 0 Å². The normalized spacial score (nSPS) is 17.5. The van der Waals surface area contributed by atoms with Gasteiger partial charge in [-0.1, -0.05) is 0 Å². The molecule has 0 aromatic rings. The number of hydrogen-bond acceptors (Lipinski definition) is 1. The molecule has 0 bridgehead atoms. The SMILES string of the molecule is CO[SiH2]C(F)(F)C(F)(F)C(F)(F)C(F)(F)C(F)(F)C(F)(F)C(F)(F)C(F)(F)C(F)(F)C(F)(F)C(F)(F)C(F)(F)C(F)(F)C(F)(F)C(F)(F)C(F)(F)C(F)(F)F. The molecule has 1 nitrogen and oxygen atoms in total. The molecule has 0 rings (SSSR count). The van der Waals surface area contributed by atoms with Gasteiger partial charge in [0.1, 0.15) is 0 Å². The maximum absolute atomic E-state index is 13.9. The maximum Gasteiger partial charge on any atom is 0.460 e. The van der Waals surface area contributed by atoms with E-state index in [9.17, 15) is 154 Å². The molecule has 0 aliphatic heterocycles. The van der Waals surface area contributed by atoms with E-state index in [2.05, 4.69) is 4.43 Å². The van der Waals surface area contributed by atoms with Crippen LogP contribution in [0.5, 0.6) is 0 Å². The highest BCUT2D eigenvalue weighted by molar-refractivity contribution is 6.31. The van der Waals surface area contributed by atoms with E-state index in [-0.39, 0.29) is 7.11 Å². The fourth-order valence-electron chi connectivity index (χ4n) is 3.24. The van der Waals surface area contributed by atoms with Crippen molar-refractivity contribution in [1.82, 2.24) is 0 Å². The van der Waals surface area contributed by atoms with Gasteiger partial charge in [0.25, 0.3) is 0 Å². The van der Waals surface area contributed by atoms with Gasteiger partial charge < -0.3 is 4.43 Å². The predicted molar refractivity (Wildman–Crippen MR) is 101 cm³/mol. The average Bonchev–Trinajstić information content (AvgIpc) is 2.94. The second-order valence-corrected chi connectivity index (χ2v) is 12.0. The molecule has 0 N–H and O–H groups in total. The van der Waals surface area contributed by atoms with E-state index in [4.69, 9.17) is 0 Å². The fraction of sp³-hybridized carbons (Fsp3) is 1.00. The van der Waals surface area contributed by atoms with Crippen molar-refractivity contribution in [3.8, 4) is 0 Å². The number of rotatable bonds is 17. The minimum Gasteiger partial charge on any atom is -0.420 e. The summed E-state index contributed by atoms with van der Waals surface area (Å²) in [6.45, 7) is 0. The van der Waals surface area contributed by atoms with Gasteiger partial charge in [-0.3, -0.25) is 0 Å². The fourth-order valence-corrected chi connectivity index (χ4v) is 4.01. The summed E-state index contributed by atoms with van der Waals surface area (Å²) in [7, 11) is -5.05. The monoisotopic (exact) mass is 930 g/mol. The van der Waals surface area contributed by atoms with Crippen LogP contribution in [0.1, 0.15) is 0 Å². The third-order valence-corrected chi connectivity index (χ3v) is 7.76. The van der Waals surface area contributed by atoms with Crippen molar-refractivity contribution in [2.24, 2.45) is 0 Å². The molecule has 0 amide bonds. The Kier molecular flexibility index (Phi) is 12.3. The molecule has 0 saturated heterocycles. The molecule has 0 radical (unpaired) electrons. The molecule has 55 heavy (non-hydrogen) atoms. The van der Waals surface area contributed by atoms with E-state index in [0.717, 1.165) is 0 Å². The Labute approximate surface area is 277 Å². The lowest BCUT2D eigenvalue weighted by Crippen LogP contribution is -2.80. The van der Waals surface area contributed by atoms with Gasteiger partial charge in [0.15, 0.2) is 0 Å². The lowest BCUT2D eigenvalue weighted by Gasteiger charge is -2.47. The Morgan fingerprint density at radius 2 is 0.345 bits per heavy atom. The zero-order chi connectivity index (χ0) is 45.9. The van der Waals surface area contributed by atoms with Crippen LogP contribution in [0.2, 0.25) is 0 Å². The Morgan fingerprint density at radius 1 is 0.218 bits per heavy atom. The highest BCUT2D eigenvalue weighted by Gasteiger charge is 3.02. The van der Waals surface area contributed by atoms with Crippen LogP contribution in [0.4, 0.5) is 154 Å². The van der Waals surface area contributed by atoms with E-state index in [1.54, 1.807) is 0 Å². The molecular weight excluding hydrogens is 925 g/mol. The topological polar surface area (TPSA) is 9.23 Å². The van der Waals surface area contributed by atoms with Gasteiger partial charge in [0, 0.05) is 7.11 Å². The van der Waals surface area contributed by atoms with Crippen LogP contribution in [0.15, 0.2) is 0 Å². The van der Waals surface area contributed by atoms with Crippen LogP contribution < -0.4 is 0 Å². The van der Waals surface area contributed by atoms with Crippen LogP contribution in [0, 0.1) is 0 Å². The molecule has 0 fully saturated rings. The molecule has 0 heterocycles. The molecule has 332 valence electrons. The van der Waals surface area contributed by atoms with Crippen molar-refractivity contribution in [3.63, 3.8) is 0 Å². The maximum atomic E-state index is 13.9. The Bertz CT molecular complexity index is 1380. The van der Waals surface area contributed by atoms with E-state index in [0.29, 0.717) is 0 Å². The van der Waals surface area contributed by atoms with Gasteiger partial charge in [-0.25, -0.2) is 8.78 Å². The van der Waals surface area contributed by atoms with Crippen molar-refractivity contribution in [2.75, 3.05) is 7.11 Å². The Balaban J connectivity index is 7.79. The van der Waals surface area contributed by atoms with Crippen LogP contribution in [0.3, 0.4) is 0 Å². The number of halogens is 35. The number of hydrogen-bond donors (Lipinski definition) is 0. The quantitative estimate of drug-likeness (QED) is 0.104. The highest BCUT2D eigenvalue weighted by Crippen LogP contribution is 2.70. The molecule has 0 unspecified atom stereocenters. The van der Waals surface area contributed by atoms with Crippen molar-refractivity contribution < 1.29 is 158 Å². The predicted octanol–water partition coefficient (Wildman–Crippen LogP) is 10.4. The van der Waals surface area contributed by atoms with Gasteiger partial charge in [-0.2, -0.15) is 145 Å².